The van der Waals surface area contributed by atoms with Crippen molar-refractivity contribution >= 4 is 44.8 Å². The van der Waals surface area contributed by atoms with E-state index in [1.807, 2.05) is 42.5 Å². The maximum atomic E-state index is 13.7. The summed E-state index contributed by atoms with van der Waals surface area (Å²) in [6.45, 7) is 0.772. The van der Waals surface area contributed by atoms with Crippen molar-refractivity contribution in [2.75, 3.05) is 30.6 Å². The Hall–Kier alpha value is -2.62. The number of halogens is 2. The van der Waals surface area contributed by atoms with Crippen molar-refractivity contribution in [3.8, 4) is 0 Å². The Labute approximate surface area is 239 Å². The second kappa shape index (κ2) is 11.5. The quantitative estimate of drug-likeness (QED) is 0.411. The smallest absolute Gasteiger partial charge is 0.264 e. The highest BCUT2D eigenvalue weighted by molar-refractivity contribution is 7.92. The van der Waals surface area contributed by atoms with Gasteiger partial charge >= 0.3 is 0 Å². The van der Waals surface area contributed by atoms with Gasteiger partial charge in [0, 0.05) is 19.5 Å². The van der Waals surface area contributed by atoms with Crippen LogP contribution in [0, 0.1) is 0 Å². The number of hydrogen-bond acceptors (Lipinski definition) is 5. The van der Waals surface area contributed by atoms with Crippen molar-refractivity contribution in [1.29, 1.82) is 0 Å². The summed E-state index contributed by atoms with van der Waals surface area (Å²) in [6.07, 6.45) is 1.99. The molecule has 1 fully saturated rings. The normalized spacial score (nSPS) is 18.7. The summed E-state index contributed by atoms with van der Waals surface area (Å²) >= 11 is 12.1. The van der Waals surface area contributed by atoms with Crippen LogP contribution < -0.4 is 4.31 Å². The van der Waals surface area contributed by atoms with Gasteiger partial charge in [0.1, 0.15) is 6.61 Å². The predicted octanol–water partition coefficient (Wildman–Crippen LogP) is 4.73. The summed E-state index contributed by atoms with van der Waals surface area (Å²) in [6, 6.07) is 20.9. The summed E-state index contributed by atoms with van der Waals surface area (Å²) in [4.78, 5) is 14.6. The Balaban J connectivity index is 1.21. The fourth-order valence-electron chi connectivity index (χ4n) is 5.33. The molecule has 1 saturated heterocycles. The first kappa shape index (κ1) is 27.9. The molecule has 2 aliphatic heterocycles. The SMILES string of the molecule is O=C(COCC1Cc2ccccc2N1S(=O)(=O)c1ccc(Cl)c(Cl)c1)N1CCC(O)(Cc2ccccc2)CC1. The lowest BCUT2D eigenvalue weighted by Gasteiger charge is -2.38. The predicted molar refractivity (Wildman–Crippen MR) is 152 cm³/mol. The third-order valence-electron chi connectivity index (χ3n) is 7.42. The minimum atomic E-state index is -3.96. The fraction of sp³-hybridized carbons (Fsp3) is 0.345. The third-order valence-corrected chi connectivity index (χ3v) is 10.0. The molecule has 206 valence electrons. The van der Waals surface area contributed by atoms with E-state index in [-0.39, 0.29) is 34.1 Å². The number of rotatable bonds is 8. The highest BCUT2D eigenvalue weighted by Crippen LogP contribution is 2.38. The summed E-state index contributed by atoms with van der Waals surface area (Å²) in [5.74, 6) is -0.175. The fourth-order valence-corrected chi connectivity index (χ4v) is 7.40. The number of sulfonamides is 1. The Morgan fingerprint density at radius 1 is 0.974 bits per heavy atom. The molecule has 1 amide bonds. The molecule has 0 aromatic heterocycles. The van der Waals surface area contributed by atoms with Crippen LogP contribution in [0.2, 0.25) is 10.0 Å². The molecule has 2 aliphatic rings. The standard InChI is InChI=1S/C29H30Cl2N2O5S/c30-25-11-10-24(17-26(25)31)39(36,37)33-23(16-22-8-4-5-9-27(22)33)19-38-20-28(34)32-14-12-29(35,13-15-32)18-21-6-2-1-3-7-21/h1-11,17,23,35H,12-16,18-20H2. The zero-order chi connectivity index (χ0) is 27.6. The molecule has 1 unspecified atom stereocenters. The number of hydrogen-bond donors (Lipinski definition) is 1. The van der Waals surface area contributed by atoms with Crippen LogP contribution in [0.3, 0.4) is 0 Å². The molecule has 3 aromatic rings. The molecule has 5 rings (SSSR count). The van der Waals surface area contributed by atoms with E-state index < -0.39 is 21.7 Å². The van der Waals surface area contributed by atoms with E-state index in [9.17, 15) is 18.3 Å². The van der Waals surface area contributed by atoms with Crippen LogP contribution in [-0.2, 0) is 32.4 Å². The maximum absolute atomic E-state index is 13.7. The van der Waals surface area contributed by atoms with E-state index in [1.54, 1.807) is 17.0 Å². The molecule has 0 radical (unpaired) electrons. The Bertz CT molecular complexity index is 1440. The molecule has 7 nitrogen and oxygen atoms in total. The molecular formula is C29H30Cl2N2O5S. The number of benzene rings is 3. The van der Waals surface area contributed by atoms with E-state index in [1.165, 1.54) is 22.5 Å². The molecule has 0 spiro atoms. The van der Waals surface area contributed by atoms with E-state index in [2.05, 4.69) is 0 Å². The topological polar surface area (TPSA) is 87.2 Å². The largest absolute Gasteiger partial charge is 0.389 e. The molecule has 0 aliphatic carbocycles. The van der Waals surface area contributed by atoms with Crippen molar-refractivity contribution < 1.29 is 23.1 Å². The second-order valence-corrected chi connectivity index (χ2v) is 12.8. The van der Waals surface area contributed by atoms with Crippen LogP contribution in [0.15, 0.2) is 77.7 Å². The van der Waals surface area contributed by atoms with Crippen molar-refractivity contribution in [3.05, 3.63) is 94.0 Å². The Kier molecular flexibility index (Phi) is 8.21. The van der Waals surface area contributed by atoms with Crippen molar-refractivity contribution in [2.24, 2.45) is 0 Å². The lowest BCUT2D eigenvalue weighted by molar-refractivity contribution is -0.140. The van der Waals surface area contributed by atoms with Crippen molar-refractivity contribution in [2.45, 2.75) is 42.2 Å². The zero-order valence-electron chi connectivity index (χ0n) is 21.3. The summed E-state index contributed by atoms with van der Waals surface area (Å²) < 4.78 is 34.5. The van der Waals surface area contributed by atoms with Crippen molar-refractivity contribution in [3.63, 3.8) is 0 Å². The van der Waals surface area contributed by atoms with Gasteiger partial charge in [-0.3, -0.25) is 9.10 Å². The van der Waals surface area contributed by atoms with Crippen LogP contribution in [-0.4, -0.2) is 62.3 Å². The number of carbonyl (C=O) groups excluding carboxylic acids is 1. The van der Waals surface area contributed by atoms with Gasteiger partial charge < -0.3 is 14.7 Å². The summed E-state index contributed by atoms with van der Waals surface area (Å²) in [7, 11) is -3.96. The van der Waals surface area contributed by atoms with Gasteiger partial charge in [-0.15, -0.1) is 0 Å². The Morgan fingerprint density at radius 2 is 1.67 bits per heavy atom. The molecule has 0 saturated carbocycles. The summed E-state index contributed by atoms with van der Waals surface area (Å²) in [5, 5.41) is 11.4. The van der Waals surface area contributed by atoms with Crippen LogP contribution in [0.4, 0.5) is 5.69 Å². The van der Waals surface area contributed by atoms with Gasteiger partial charge in [0.2, 0.25) is 5.91 Å². The number of likely N-dealkylation sites (tertiary alicyclic amines) is 1. The first-order valence-corrected chi connectivity index (χ1v) is 15.1. The number of ether oxygens (including phenoxy) is 1. The lowest BCUT2D eigenvalue weighted by Crippen LogP contribution is -2.49. The van der Waals surface area contributed by atoms with Crippen LogP contribution in [0.25, 0.3) is 0 Å². The van der Waals surface area contributed by atoms with Gasteiger partial charge in [-0.05, 0) is 54.7 Å². The molecule has 1 N–H and O–H groups in total. The van der Waals surface area contributed by atoms with Gasteiger partial charge in [-0.1, -0.05) is 71.7 Å². The maximum Gasteiger partial charge on any atom is 0.264 e. The zero-order valence-corrected chi connectivity index (χ0v) is 23.6. The molecule has 1 atom stereocenters. The van der Waals surface area contributed by atoms with Crippen LogP contribution in [0.1, 0.15) is 24.0 Å². The minimum absolute atomic E-state index is 0.0333. The molecule has 2 heterocycles. The summed E-state index contributed by atoms with van der Waals surface area (Å²) in [5.41, 5.74) is 1.70. The van der Waals surface area contributed by atoms with Crippen molar-refractivity contribution in [1.82, 2.24) is 4.90 Å². The molecule has 10 heteroatoms. The van der Waals surface area contributed by atoms with Gasteiger partial charge in [-0.2, -0.15) is 0 Å². The third kappa shape index (κ3) is 6.10. The average Bonchev–Trinajstić information content (AvgIpc) is 3.30. The van der Waals surface area contributed by atoms with Gasteiger partial charge in [0.15, 0.2) is 0 Å². The minimum Gasteiger partial charge on any atom is -0.389 e. The highest BCUT2D eigenvalue weighted by atomic mass is 35.5. The number of nitrogens with zero attached hydrogens (tertiary/aromatic N) is 2. The second-order valence-electron chi connectivity index (χ2n) is 10.1. The molecular weight excluding hydrogens is 559 g/mol. The number of anilines is 1. The van der Waals surface area contributed by atoms with E-state index in [4.69, 9.17) is 27.9 Å². The average molecular weight is 590 g/mol. The van der Waals surface area contributed by atoms with Crippen LogP contribution >= 0.6 is 23.2 Å². The number of piperidine rings is 1. The van der Waals surface area contributed by atoms with Gasteiger partial charge in [0.25, 0.3) is 10.0 Å². The monoisotopic (exact) mass is 588 g/mol. The number of fused-ring (bicyclic) bond motifs is 1. The number of amides is 1. The highest BCUT2D eigenvalue weighted by Gasteiger charge is 2.39. The van der Waals surface area contributed by atoms with E-state index in [0.29, 0.717) is 44.5 Å². The lowest BCUT2D eigenvalue weighted by atomic mass is 9.85. The molecule has 39 heavy (non-hydrogen) atoms. The van der Waals surface area contributed by atoms with Gasteiger partial charge in [-0.25, -0.2) is 8.42 Å². The first-order chi connectivity index (χ1) is 18.7. The Morgan fingerprint density at radius 3 is 2.38 bits per heavy atom. The van der Waals surface area contributed by atoms with Gasteiger partial charge in [0.05, 0.1) is 38.9 Å². The van der Waals surface area contributed by atoms with E-state index >= 15 is 0 Å². The van der Waals surface area contributed by atoms with E-state index in [0.717, 1.165) is 11.1 Å². The first-order valence-electron chi connectivity index (χ1n) is 12.9. The molecule has 3 aromatic carbocycles. The number of carbonyl (C=O) groups is 1. The number of para-hydroxylation sites is 1. The molecule has 0 bridgehead atoms. The number of aliphatic hydroxyl groups is 1. The van der Waals surface area contributed by atoms with Crippen LogP contribution in [0.5, 0.6) is 0 Å².